The molecule has 0 aliphatic heterocycles. The predicted molar refractivity (Wildman–Crippen MR) is 39.2 cm³/mol. The average molecular weight is 167 g/mol. The fourth-order valence-electron chi connectivity index (χ4n) is 0.848. The van der Waals surface area contributed by atoms with Crippen molar-refractivity contribution in [3.8, 4) is 17.6 Å². The van der Waals surface area contributed by atoms with Gasteiger partial charge in [0.1, 0.15) is 6.07 Å². The summed E-state index contributed by atoms with van der Waals surface area (Å²) in [4.78, 5) is 0. The number of halogens is 1. The summed E-state index contributed by atoms with van der Waals surface area (Å²) >= 11 is 0. The SMILES string of the molecule is Cc1cc(C#N)c(F)c(O)c1O. The van der Waals surface area contributed by atoms with E-state index in [1.54, 1.807) is 6.07 Å². The molecule has 0 radical (unpaired) electrons. The Balaban J connectivity index is 3.52. The van der Waals surface area contributed by atoms with Gasteiger partial charge in [0, 0.05) is 0 Å². The summed E-state index contributed by atoms with van der Waals surface area (Å²) < 4.78 is 12.8. The standard InChI is InChI=1S/C8H6FNO2/c1-4-2-5(3-10)6(9)8(12)7(4)11/h2,11-12H,1H3. The van der Waals surface area contributed by atoms with Gasteiger partial charge in [-0.2, -0.15) is 5.26 Å². The summed E-state index contributed by atoms with van der Waals surface area (Å²) in [6.45, 7) is 1.47. The highest BCUT2D eigenvalue weighted by Gasteiger charge is 2.14. The molecule has 0 amide bonds. The Hall–Kier alpha value is -1.76. The highest BCUT2D eigenvalue weighted by atomic mass is 19.1. The van der Waals surface area contributed by atoms with Crippen LogP contribution in [-0.4, -0.2) is 10.2 Å². The van der Waals surface area contributed by atoms with Crippen LogP contribution in [-0.2, 0) is 0 Å². The van der Waals surface area contributed by atoms with Crippen LogP contribution in [0.4, 0.5) is 4.39 Å². The van der Waals surface area contributed by atoms with E-state index in [4.69, 9.17) is 15.5 Å². The molecule has 62 valence electrons. The molecule has 0 fully saturated rings. The third kappa shape index (κ3) is 1.05. The van der Waals surface area contributed by atoms with Crippen molar-refractivity contribution in [2.45, 2.75) is 6.92 Å². The molecule has 0 unspecified atom stereocenters. The Morgan fingerprint density at radius 2 is 2.00 bits per heavy atom. The van der Waals surface area contributed by atoms with E-state index in [9.17, 15) is 4.39 Å². The van der Waals surface area contributed by atoms with Crippen molar-refractivity contribution in [1.29, 1.82) is 5.26 Å². The van der Waals surface area contributed by atoms with Crippen LogP contribution in [0.25, 0.3) is 0 Å². The molecular formula is C8H6FNO2. The molecule has 1 aromatic carbocycles. The van der Waals surface area contributed by atoms with Crippen LogP contribution >= 0.6 is 0 Å². The number of phenols is 2. The smallest absolute Gasteiger partial charge is 0.195 e. The van der Waals surface area contributed by atoms with E-state index < -0.39 is 17.3 Å². The molecule has 0 atom stereocenters. The van der Waals surface area contributed by atoms with Crippen LogP contribution in [0.3, 0.4) is 0 Å². The first-order valence-electron chi connectivity index (χ1n) is 3.19. The summed E-state index contributed by atoms with van der Waals surface area (Å²) in [5.74, 6) is -2.47. The molecule has 12 heavy (non-hydrogen) atoms. The zero-order valence-electron chi connectivity index (χ0n) is 6.30. The molecule has 1 aromatic rings. The first-order valence-corrected chi connectivity index (χ1v) is 3.19. The highest BCUT2D eigenvalue weighted by molar-refractivity contribution is 5.51. The topological polar surface area (TPSA) is 64.2 Å². The minimum atomic E-state index is -1.08. The van der Waals surface area contributed by atoms with Crippen LogP contribution in [0.5, 0.6) is 11.5 Å². The first kappa shape index (κ1) is 8.34. The third-order valence-corrected chi connectivity index (χ3v) is 1.52. The highest BCUT2D eigenvalue weighted by Crippen LogP contribution is 2.32. The number of hydrogen-bond acceptors (Lipinski definition) is 3. The predicted octanol–water partition coefficient (Wildman–Crippen LogP) is 1.42. The van der Waals surface area contributed by atoms with Crippen molar-refractivity contribution < 1.29 is 14.6 Å². The van der Waals surface area contributed by atoms with Crippen molar-refractivity contribution in [2.24, 2.45) is 0 Å². The number of nitrogens with zero attached hydrogens (tertiary/aromatic N) is 1. The lowest BCUT2D eigenvalue weighted by atomic mass is 10.1. The molecule has 1 rings (SSSR count). The lowest BCUT2D eigenvalue weighted by Gasteiger charge is -2.03. The number of benzene rings is 1. The molecule has 0 aromatic heterocycles. The molecule has 2 N–H and O–H groups in total. The van der Waals surface area contributed by atoms with E-state index in [1.165, 1.54) is 13.0 Å². The Labute approximate surface area is 68.3 Å². The number of nitriles is 1. The van der Waals surface area contributed by atoms with Crippen LogP contribution < -0.4 is 0 Å². The van der Waals surface area contributed by atoms with Gasteiger partial charge in [-0.1, -0.05) is 0 Å². The van der Waals surface area contributed by atoms with Gasteiger partial charge >= 0.3 is 0 Å². The fourth-order valence-corrected chi connectivity index (χ4v) is 0.848. The van der Waals surface area contributed by atoms with Crippen LogP contribution in [0, 0.1) is 24.1 Å². The Bertz CT molecular complexity index is 368. The van der Waals surface area contributed by atoms with Crippen LogP contribution in [0.2, 0.25) is 0 Å². The zero-order chi connectivity index (χ0) is 9.30. The van der Waals surface area contributed by atoms with Gasteiger partial charge in [0.05, 0.1) is 5.56 Å². The number of phenolic OH excluding ortho intramolecular Hbond substituents is 2. The molecule has 0 saturated heterocycles. The Morgan fingerprint density at radius 3 is 2.50 bits per heavy atom. The zero-order valence-corrected chi connectivity index (χ0v) is 6.30. The molecule has 0 aliphatic carbocycles. The second-order valence-electron chi connectivity index (χ2n) is 2.36. The summed E-state index contributed by atoms with van der Waals surface area (Å²) in [7, 11) is 0. The summed E-state index contributed by atoms with van der Waals surface area (Å²) in [6.07, 6.45) is 0. The van der Waals surface area contributed by atoms with E-state index in [1.807, 2.05) is 0 Å². The molecule has 3 nitrogen and oxygen atoms in total. The maximum Gasteiger partial charge on any atom is 0.195 e. The number of aryl methyl sites for hydroxylation is 1. The van der Waals surface area contributed by atoms with Gasteiger partial charge in [-0.15, -0.1) is 0 Å². The Kier molecular flexibility index (Phi) is 1.88. The van der Waals surface area contributed by atoms with Gasteiger partial charge in [0.15, 0.2) is 17.3 Å². The van der Waals surface area contributed by atoms with Gasteiger partial charge in [0.2, 0.25) is 0 Å². The van der Waals surface area contributed by atoms with Crippen molar-refractivity contribution in [1.82, 2.24) is 0 Å². The molecule has 4 heteroatoms. The van der Waals surface area contributed by atoms with Crippen LogP contribution in [0.1, 0.15) is 11.1 Å². The monoisotopic (exact) mass is 167 g/mol. The second-order valence-corrected chi connectivity index (χ2v) is 2.36. The van der Waals surface area contributed by atoms with Crippen molar-refractivity contribution in [3.63, 3.8) is 0 Å². The molecule has 0 heterocycles. The minimum Gasteiger partial charge on any atom is -0.504 e. The average Bonchev–Trinajstić information content (AvgIpc) is 2.08. The molecule has 0 saturated carbocycles. The summed E-state index contributed by atoms with van der Waals surface area (Å²) in [5.41, 5.74) is -0.00625. The van der Waals surface area contributed by atoms with E-state index in [-0.39, 0.29) is 11.1 Å². The molecular weight excluding hydrogens is 161 g/mol. The van der Waals surface area contributed by atoms with Gasteiger partial charge < -0.3 is 10.2 Å². The van der Waals surface area contributed by atoms with Crippen LogP contribution in [0.15, 0.2) is 6.07 Å². The normalized spacial score (nSPS) is 9.42. The van der Waals surface area contributed by atoms with E-state index in [2.05, 4.69) is 0 Å². The third-order valence-electron chi connectivity index (χ3n) is 1.52. The van der Waals surface area contributed by atoms with Crippen molar-refractivity contribution >= 4 is 0 Å². The van der Waals surface area contributed by atoms with E-state index >= 15 is 0 Å². The van der Waals surface area contributed by atoms with E-state index in [0.717, 1.165) is 0 Å². The number of rotatable bonds is 0. The molecule has 0 bridgehead atoms. The van der Waals surface area contributed by atoms with Gasteiger partial charge in [0.25, 0.3) is 0 Å². The largest absolute Gasteiger partial charge is 0.504 e. The van der Waals surface area contributed by atoms with Crippen molar-refractivity contribution in [3.05, 3.63) is 23.0 Å². The van der Waals surface area contributed by atoms with Gasteiger partial charge in [-0.25, -0.2) is 4.39 Å². The second kappa shape index (κ2) is 2.70. The van der Waals surface area contributed by atoms with E-state index in [0.29, 0.717) is 0 Å². The fraction of sp³-hybridized carbons (Fsp3) is 0.125. The van der Waals surface area contributed by atoms with Crippen molar-refractivity contribution in [2.75, 3.05) is 0 Å². The summed E-state index contributed by atoms with van der Waals surface area (Å²) in [6, 6.07) is 2.73. The van der Waals surface area contributed by atoms with Gasteiger partial charge in [-0.3, -0.25) is 0 Å². The minimum absolute atomic E-state index is 0.269. The maximum atomic E-state index is 12.8. The first-order chi connectivity index (χ1) is 5.57. The quantitative estimate of drug-likeness (QED) is 0.574. The lowest BCUT2D eigenvalue weighted by Crippen LogP contribution is -1.87. The Morgan fingerprint density at radius 1 is 1.42 bits per heavy atom. The maximum absolute atomic E-state index is 12.8. The lowest BCUT2D eigenvalue weighted by molar-refractivity contribution is 0.376. The number of hydrogen-bond donors (Lipinski definition) is 2. The number of aromatic hydroxyl groups is 2. The molecule has 0 aliphatic rings. The van der Waals surface area contributed by atoms with Gasteiger partial charge in [-0.05, 0) is 18.6 Å². The summed E-state index contributed by atoms with van der Waals surface area (Å²) in [5, 5.41) is 26.3. The molecule has 0 spiro atoms.